The van der Waals surface area contributed by atoms with Crippen LogP contribution >= 0.6 is 24.0 Å². The third kappa shape index (κ3) is 7.84. The van der Waals surface area contributed by atoms with Crippen molar-refractivity contribution < 1.29 is 18.8 Å². The summed E-state index contributed by atoms with van der Waals surface area (Å²) in [6, 6.07) is 13.6. The van der Waals surface area contributed by atoms with Gasteiger partial charge < -0.3 is 25.4 Å². The lowest BCUT2D eigenvalue weighted by atomic mass is 9.71. The first-order chi connectivity index (χ1) is 20.7. The number of hydrogen-bond acceptors (Lipinski definition) is 9. The Morgan fingerprint density at radius 1 is 1.09 bits per heavy atom. The second kappa shape index (κ2) is 14.6. The number of aliphatic carboxylic acids is 1. The van der Waals surface area contributed by atoms with Gasteiger partial charge in [-0.1, -0.05) is 23.7 Å². The molecule has 14 heteroatoms. The summed E-state index contributed by atoms with van der Waals surface area (Å²) in [6.45, 7) is 3.75. The molecule has 2 saturated heterocycles. The molecule has 3 N–H and O–H groups in total. The average Bonchev–Trinajstić information content (AvgIpc) is 3.00. The summed E-state index contributed by atoms with van der Waals surface area (Å²) < 4.78 is 19.5. The summed E-state index contributed by atoms with van der Waals surface area (Å²) in [4.78, 5) is 24.5. The number of piperidine rings is 2. The molecule has 0 bridgehead atoms. The zero-order valence-electron chi connectivity index (χ0n) is 25.1. The van der Waals surface area contributed by atoms with E-state index in [0.29, 0.717) is 33.6 Å². The highest BCUT2D eigenvalue weighted by atomic mass is 35.5. The van der Waals surface area contributed by atoms with Gasteiger partial charge in [0.2, 0.25) is 5.95 Å². The van der Waals surface area contributed by atoms with Crippen molar-refractivity contribution in [2.45, 2.75) is 25.7 Å². The van der Waals surface area contributed by atoms with Crippen LogP contribution in [0.2, 0.25) is 5.02 Å². The second-order valence-electron chi connectivity index (χ2n) is 11.1. The van der Waals surface area contributed by atoms with Gasteiger partial charge in [0, 0.05) is 38.1 Å². The summed E-state index contributed by atoms with van der Waals surface area (Å²) in [6.07, 6.45) is 7.44. The molecule has 1 spiro atoms. The number of carboxylic acid groups (broad SMARTS) is 1. The number of hydrogen-bond donors (Lipinski definition) is 3. The molecule has 238 valence electrons. The molecule has 11 nitrogen and oxygen atoms in total. The molecule has 0 saturated carbocycles. The number of rotatable bonds is 10. The number of anilines is 6. The van der Waals surface area contributed by atoms with Crippen molar-refractivity contribution in [3.05, 3.63) is 53.7 Å². The summed E-state index contributed by atoms with van der Waals surface area (Å²) in [5.74, 6) is 0.675. The largest absolute Gasteiger partial charge is 0.494 e. The van der Waals surface area contributed by atoms with Gasteiger partial charge in [0.25, 0.3) is 0 Å². The zero-order valence-corrected chi connectivity index (χ0v) is 27.5. The Balaban J connectivity index is 0.00000442. The number of halogens is 2. The summed E-state index contributed by atoms with van der Waals surface area (Å²) in [7, 11) is 2.20. The van der Waals surface area contributed by atoms with Crippen molar-refractivity contribution in [1.29, 1.82) is 0 Å². The monoisotopic (exact) mass is 663 g/mol. The molecule has 3 aromatic rings. The van der Waals surface area contributed by atoms with Gasteiger partial charge >= 0.3 is 5.97 Å². The van der Waals surface area contributed by atoms with E-state index in [1.807, 2.05) is 41.3 Å². The van der Waals surface area contributed by atoms with Gasteiger partial charge in [0.15, 0.2) is 5.82 Å². The van der Waals surface area contributed by atoms with Crippen molar-refractivity contribution in [2.24, 2.45) is 5.41 Å². The molecule has 1 unspecified atom stereocenters. The molecule has 5 rings (SSSR count). The maximum absolute atomic E-state index is 12.1. The van der Waals surface area contributed by atoms with Crippen LogP contribution in [0.15, 0.2) is 48.7 Å². The molecule has 0 amide bonds. The number of para-hydroxylation sites is 2. The number of aromatic nitrogens is 2. The molecule has 3 heterocycles. The van der Waals surface area contributed by atoms with Crippen LogP contribution in [-0.4, -0.2) is 83.3 Å². The van der Waals surface area contributed by atoms with Crippen LogP contribution in [-0.2, 0) is 15.8 Å². The number of methoxy groups -OCH3 is 1. The number of carboxylic acids is 1. The molecule has 0 radical (unpaired) electrons. The molecule has 0 aliphatic carbocycles. The van der Waals surface area contributed by atoms with Crippen molar-refractivity contribution in [3.8, 4) is 5.75 Å². The summed E-state index contributed by atoms with van der Waals surface area (Å²) in [5.41, 5.74) is 3.58. The lowest BCUT2D eigenvalue weighted by Crippen LogP contribution is -2.47. The maximum atomic E-state index is 12.1. The SMILES string of the molecule is COc1cc(N2CCC3(CCN(CC(=O)O)CC3)CC2)ccc1Nc1ncc(Cl)c(Nc2ccccc2N(C)S(C)=O)n1.Cl. The number of carbonyl (C=O) groups is 1. The first kappa shape index (κ1) is 33.6. The molecule has 1 aromatic heterocycles. The van der Waals surface area contributed by atoms with Crippen LogP contribution in [0.25, 0.3) is 0 Å². The third-order valence-electron chi connectivity index (χ3n) is 8.52. The third-order valence-corrected chi connectivity index (χ3v) is 9.77. The lowest BCUT2D eigenvalue weighted by molar-refractivity contribution is -0.139. The Hall–Kier alpha value is -3.32. The molecule has 2 aromatic carbocycles. The van der Waals surface area contributed by atoms with E-state index in [9.17, 15) is 9.00 Å². The first-order valence-electron chi connectivity index (χ1n) is 14.3. The minimum absolute atomic E-state index is 0. The standard InChI is InChI=1S/C30H38ClN7O4S.ClH/c1-36(43(3)41)25-7-5-4-6-23(25)33-28-22(31)19-32-29(35-28)34-24-9-8-21(18-26(24)42-2)38-16-12-30(13-17-38)10-14-37(15-11-30)20-27(39)40;/h4-9,18-19H,10-17,20H2,1-3H3,(H,39,40)(H2,32,33,34,35);1H. The number of nitrogens with one attached hydrogen (secondary N) is 2. The van der Waals surface area contributed by atoms with Crippen LogP contribution in [0.4, 0.5) is 34.5 Å². The van der Waals surface area contributed by atoms with E-state index in [4.69, 9.17) is 21.4 Å². The number of likely N-dealkylation sites (tertiary alicyclic amines) is 1. The van der Waals surface area contributed by atoms with Gasteiger partial charge in [-0.25, -0.2) is 9.19 Å². The summed E-state index contributed by atoms with van der Waals surface area (Å²) >= 11 is 6.44. The normalized spacial score (nSPS) is 17.0. The average molecular weight is 665 g/mol. The zero-order chi connectivity index (χ0) is 30.6. The quantitative estimate of drug-likeness (QED) is 0.255. The van der Waals surface area contributed by atoms with E-state index in [1.54, 1.807) is 24.7 Å². The lowest BCUT2D eigenvalue weighted by Gasteiger charge is -2.47. The minimum atomic E-state index is -1.20. The van der Waals surface area contributed by atoms with Gasteiger partial charge in [0.05, 0.1) is 36.9 Å². The van der Waals surface area contributed by atoms with Crippen LogP contribution in [0.1, 0.15) is 25.7 Å². The van der Waals surface area contributed by atoms with Crippen molar-refractivity contribution in [1.82, 2.24) is 14.9 Å². The van der Waals surface area contributed by atoms with E-state index >= 15 is 0 Å². The number of nitrogens with zero attached hydrogens (tertiary/aromatic N) is 5. The maximum Gasteiger partial charge on any atom is 0.317 e. The van der Waals surface area contributed by atoms with E-state index in [1.165, 1.54) is 6.20 Å². The highest BCUT2D eigenvalue weighted by Gasteiger charge is 2.38. The Bertz CT molecular complexity index is 1480. The first-order valence-corrected chi connectivity index (χ1v) is 16.2. The van der Waals surface area contributed by atoms with Crippen molar-refractivity contribution in [2.75, 3.05) is 73.0 Å². The predicted molar refractivity (Wildman–Crippen MR) is 180 cm³/mol. The Kier molecular flexibility index (Phi) is 11.2. The molecule has 44 heavy (non-hydrogen) atoms. The van der Waals surface area contributed by atoms with Crippen LogP contribution in [0.5, 0.6) is 5.75 Å². The van der Waals surface area contributed by atoms with Gasteiger partial charge in [-0.3, -0.25) is 14.0 Å². The fraction of sp³-hybridized carbons (Fsp3) is 0.433. The Morgan fingerprint density at radius 3 is 2.43 bits per heavy atom. The molecule has 1 atom stereocenters. The molecular weight excluding hydrogens is 625 g/mol. The molecule has 2 aliphatic heterocycles. The Morgan fingerprint density at radius 2 is 1.77 bits per heavy atom. The van der Waals surface area contributed by atoms with Crippen LogP contribution in [0.3, 0.4) is 0 Å². The highest BCUT2D eigenvalue weighted by Crippen LogP contribution is 2.43. The topological polar surface area (TPSA) is 123 Å². The van der Waals surface area contributed by atoms with Crippen molar-refractivity contribution >= 4 is 75.5 Å². The van der Waals surface area contributed by atoms with Crippen LogP contribution in [0, 0.1) is 5.41 Å². The van der Waals surface area contributed by atoms with Crippen molar-refractivity contribution in [3.63, 3.8) is 0 Å². The fourth-order valence-corrected chi connectivity index (χ4v) is 6.43. The molecule has 2 fully saturated rings. The van der Waals surface area contributed by atoms with Crippen LogP contribution < -0.4 is 24.6 Å². The minimum Gasteiger partial charge on any atom is -0.494 e. The van der Waals surface area contributed by atoms with E-state index in [-0.39, 0.29) is 19.0 Å². The van der Waals surface area contributed by atoms with Gasteiger partial charge in [-0.2, -0.15) is 4.98 Å². The molecule has 2 aliphatic rings. The van der Waals surface area contributed by atoms with Gasteiger partial charge in [-0.15, -0.1) is 12.4 Å². The van der Waals surface area contributed by atoms with Gasteiger partial charge in [0.1, 0.15) is 21.8 Å². The van der Waals surface area contributed by atoms with E-state index < -0.39 is 17.0 Å². The van der Waals surface area contributed by atoms with E-state index in [0.717, 1.165) is 68.9 Å². The fourth-order valence-electron chi connectivity index (χ4n) is 5.85. The summed E-state index contributed by atoms with van der Waals surface area (Å²) in [5, 5.41) is 16.0. The second-order valence-corrected chi connectivity index (χ2v) is 12.9. The smallest absolute Gasteiger partial charge is 0.317 e. The Labute approximate surface area is 271 Å². The number of ether oxygens (including phenoxy) is 1. The van der Waals surface area contributed by atoms with Gasteiger partial charge in [-0.05, 0) is 68.5 Å². The highest BCUT2D eigenvalue weighted by molar-refractivity contribution is 7.85. The van der Waals surface area contributed by atoms with E-state index in [2.05, 4.69) is 31.6 Å². The molecular formula is C30H39Cl2N7O4S. The number of benzene rings is 2. The predicted octanol–water partition coefficient (Wildman–Crippen LogP) is 5.54.